The molecule has 0 atom stereocenters. The first-order valence-corrected chi connectivity index (χ1v) is 4.70. The van der Waals surface area contributed by atoms with Gasteiger partial charge in [-0.1, -0.05) is 0 Å². The Bertz CT molecular complexity index is 330. The van der Waals surface area contributed by atoms with Gasteiger partial charge in [-0.15, -0.1) is 0 Å². The Kier molecular flexibility index (Phi) is 2.47. The molecule has 6 heteroatoms. The summed E-state index contributed by atoms with van der Waals surface area (Å²) >= 11 is 0. The normalized spacial score (nSPS) is 23.3. The van der Waals surface area contributed by atoms with Crippen LogP contribution in [0.25, 0.3) is 0 Å². The molecule has 2 aliphatic rings. The monoisotopic (exact) mass is 219 g/mol. The molecule has 2 aliphatic heterocycles. The fourth-order valence-electron chi connectivity index (χ4n) is 1.79. The number of hydrazine groups is 1. The van der Waals surface area contributed by atoms with Gasteiger partial charge in [0.25, 0.3) is 0 Å². The van der Waals surface area contributed by atoms with Crippen LogP contribution in [0.4, 0.5) is 13.2 Å². The van der Waals surface area contributed by atoms with Gasteiger partial charge in [0.2, 0.25) is 0 Å². The number of halogens is 3. The molecular weight excluding hydrogens is 207 g/mol. The first-order chi connectivity index (χ1) is 6.97. The molecule has 0 radical (unpaired) electrons. The number of rotatable bonds is 0. The quantitative estimate of drug-likeness (QED) is 0.595. The zero-order chi connectivity index (χ0) is 11.1. The summed E-state index contributed by atoms with van der Waals surface area (Å²) in [4.78, 5) is 0. The van der Waals surface area contributed by atoms with Crippen LogP contribution >= 0.6 is 0 Å². The smallest absolute Gasteiger partial charge is 0.384 e. The van der Waals surface area contributed by atoms with Gasteiger partial charge in [-0.05, 0) is 11.6 Å². The van der Waals surface area contributed by atoms with E-state index in [1.807, 2.05) is 0 Å². The molecule has 3 nitrogen and oxygen atoms in total. The summed E-state index contributed by atoms with van der Waals surface area (Å²) < 4.78 is 37.3. The van der Waals surface area contributed by atoms with Gasteiger partial charge in [-0.3, -0.25) is 5.84 Å². The number of hydrogen-bond acceptors (Lipinski definition) is 3. The van der Waals surface area contributed by atoms with Crippen LogP contribution in [0.15, 0.2) is 22.9 Å². The van der Waals surface area contributed by atoms with Crippen LogP contribution in [-0.2, 0) is 0 Å². The molecule has 0 aromatic rings. The molecular formula is C9H12F3N3. The van der Waals surface area contributed by atoms with E-state index in [0.29, 0.717) is 25.1 Å². The van der Waals surface area contributed by atoms with Gasteiger partial charge >= 0.3 is 6.18 Å². The first-order valence-electron chi connectivity index (χ1n) is 4.70. The fourth-order valence-corrected chi connectivity index (χ4v) is 1.79. The van der Waals surface area contributed by atoms with Crippen molar-refractivity contribution in [3.8, 4) is 0 Å². The third-order valence-electron chi connectivity index (χ3n) is 2.61. The van der Waals surface area contributed by atoms with Crippen LogP contribution in [0.2, 0.25) is 0 Å². The number of nitrogens with zero attached hydrogens (tertiary/aromatic N) is 1. The molecule has 0 aromatic heterocycles. The van der Waals surface area contributed by atoms with Crippen LogP contribution in [-0.4, -0.2) is 30.8 Å². The maximum atomic E-state index is 12.4. The highest BCUT2D eigenvalue weighted by molar-refractivity contribution is 5.37. The van der Waals surface area contributed by atoms with Crippen molar-refractivity contribution in [3.63, 3.8) is 0 Å². The van der Waals surface area contributed by atoms with Crippen LogP contribution in [0.3, 0.4) is 0 Å². The highest BCUT2D eigenvalue weighted by atomic mass is 19.4. The van der Waals surface area contributed by atoms with E-state index in [1.54, 1.807) is 0 Å². The van der Waals surface area contributed by atoms with Gasteiger partial charge in [-0.25, -0.2) is 5.01 Å². The highest BCUT2D eigenvalue weighted by Gasteiger charge is 2.35. The minimum Gasteiger partial charge on any atom is -0.384 e. The van der Waals surface area contributed by atoms with E-state index >= 15 is 0 Å². The predicted molar refractivity (Wildman–Crippen MR) is 49.5 cm³/mol. The van der Waals surface area contributed by atoms with E-state index in [0.717, 1.165) is 5.70 Å². The summed E-state index contributed by atoms with van der Waals surface area (Å²) in [6.45, 7) is 0.926. The molecule has 0 aromatic carbocycles. The third-order valence-corrected chi connectivity index (χ3v) is 2.61. The third kappa shape index (κ3) is 2.15. The molecule has 3 N–H and O–H groups in total. The number of dihydropyridines is 1. The molecule has 84 valence electrons. The zero-order valence-electron chi connectivity index (χ0n) is 8.06. The lowest BCUT2D eigenvalue weighted by Gasteiger charge is -2.30. The Hall–Kier alpha value is -1.01. The van der Waals surface area contributed by atoms with Crippen LogP contribution in [0.1, 0.15) is 6.42 Å². The zero-order valence-corrected chi connectivity index (χ0v) is 8.06. The molecule has 0 unspecified atom stereocenters. The van der Waals surface area contributed by atoms with Gasteiger partial charge in [0.05, 0.1) is 5.57 Å². The van der Waals surface area contributed by atoms with E-state index in [-0.39, 0.29) is 6.54 Å². The summed E-state index contributed by atoms with van der Waals surface area (Å²) in [5, 5.41) is 4.33. The summed E-state index contributed by atoms with van der Waals surface area (Å²) in [5.41, 5.74) is 1.02. The van der Waals surface area contributed by atoms with Crippen molar-refractivity contribution in [2.75, 3.05) is 19.6 Å². The summed E-state index contributed by atoms with van der Waals surface area (Å²) in [5.74, 6) is 5.56. The molecule has 0 bridgehead atoms. The van der Waals surface area contributed by atoms with Crippen molar-refractivity contribution in [1.82, 2.24) is 10.3 Å². The van der Waals surface area contributed by atoms with E-state index in [4.69, 9.17) is 5.84 Å². The van der Waals surface area contributed by atoms with Gasteiger partial charge in [-0.2, -0.15) is 13.2 Å². The van der Waals surface area contributed by atoms with E-state index in [1.165, 1.54) is 11.1 Å². The predicted octanol–water partition coefficient (Wildman–Crippen LogP) is 0.912. The lowest BCUT2D eigenvalue weighted by Crippen LogP contribution is -2.42. The van der Waals surface area contributed by atoms with Crippen molar-refractivity contribution in [1.29, 1.82) is 0 Å². The van der Waals surface area contributed by atoms with E-state index in [2.05, 4.69) is 5.32 Å². The van der Waals surface area contributed by atoms with Crippen LogP contribution in [0, 0.1) is 0 Å². The second kappa shape index (κ2) is 3.53. The molecule has 2 rings (SSSR count). The topological polar surface area (TPSA) is 41.3 Å². The molecule has 0 saturated carbocycles. The Balaban J connectivity index is 2.24. The van der Waals surface area contributed by atoms with E-state index < -0.39 is 11.7 Å². The number of nitrogens with two attached hydrogens (primary N) is 1. The molecule has 0 spiro atoms. The fraction of sp³-hybridized carbons (Fsp3) is 0.556. The van der Waals surface area contributed by atoms with Crippen molar-refractivity contribution < 1.29 is 13.2 Å². The molecule has 0 aliphatic carbocycles. The summed E-state index contributed by atoms with van der Waals surface area (Å²) in [6, 6.07) is 0. The maximum Gasteiger partial charge on any atom is 0.414 e. The standard InChI is InChI=1S/C9H12F3N3/c10-9(11,12)7-3-6-5-15(13)2-1-8(6)14-4-7/h3,14H,1-2,4-5,13H2. The first kappa shape index (κ1) is 10.5. The van der Waals surface area contributed by atoms with E-state index in [9.17, 15) is 13.2 Å². The van der Waals surface area contributed by atoms with Crippen molar-refractivity contribution in [2.24, 2.45) is 5.84 Å². The molecule has 0 amide bonds. The number of hydrogen-bond donors (Lipinski definition) is 2. The second-order valence-corrected chi connectivity index (χ2v) is 3.75. The maximum absolute atomic E-state index is 12.4. The lowest BCUT2D eigenvalue weighted by molar-refractivity contribution is -0.0931. The minimum atomic E-state index is -4.25. The number of nitrogens with one attached hydrogen (secondary N) is 1. The van der Waals surface area contributed by atoms with Crippen molar-refractivity contribution in [3.05, 3.63) is 22.9 Å². The Morgan fingerprint density at radius 1 is 1.40 bits per heavy atom. The number of alkyl halides is 3. The van der Waals surface area contributed by atoms with Crippen molar-refractivity contribution in [2.45, 2.75) is 12.6 Å². The second-order valence-electron chi connectivity index (χ2n) is 3.75. The lowest BCUT2D eigenvalue weighted by atomic mass is 10.00. The van der Waals surface area contributed by atoms with Gasteiger partial charge in [0.15, 0.2) is 0 Å². The summed E-state index contributed by atoms with van der Waals surface area (Å²) in [6.07, 6.45) is -2.35. The van der Waals surface area contributed by atoms with Gasteiger partial charge in [0.1, 0.15) is 0 Å². The molecule has 0 fully saturated rings. The van der Waals surface area contributed by atoms with Crippen molar-refractivity contribution >= 4 is 0 Å². The Labute approximate surface area is 85.4 Å². The molecule has 2 heterocycles. The Morgan fingerprint density at radius 3 is 2.80 bits per heavy atom. The minimum absolute atomic E-state index is 0.132. The SMILES string of the molecule is NN1CCC2=C(C=C(C(F)(F)F)CN2)C1. The Morgan fingerprint density at radius 2 is 2.13 bits per heavy atom. The summed E-state index contributed by atoms with van der Waals surface area (Å²) in [7, 11) is 0. The average Bonchev–Trinajstić information content (AvgIpc) is 2.15. The highest BCUT2D eigenvalue weighted by Crippen LogP contribution is 2.30. The van der Waals surface area contributed by atoms with Gasteiger partial charge < -0.3 is 5.32 Å². The largest absolute Gasteiger partial charge is 0.414 e. The van der Waals surface area contributed by atoms with Crippen LogP contribution in [0.5, 0.6) is 0 Å². The van der Waals surface area contributed by atoms with Crippen LogP contribution < -0.4 is 11.2 Å². The average molecular weight is 219 g/mol. The van der Waals surface area contributed by atoms with Gasteiger partial charge in [0, 0.05) is 31.8 Å². The molecule has 15 heavy (non-hydrogen) atoms. The molecule has 0 saturated heterocycles.